The van der Waals surface area contributed by atoms with Crippen LogP contribution >= 0.6 is 0 Å². The molecular weight excluding hydrogens is 370 g/mol. The van der Waals surface area contributed by atoms with Crippen molar-refractivity contribution in [1.29, 1.82) is 0 Å². The van der Waals surface area contributed by atoms with Crippen LogP contribution in [0, 0.1) is 12.8 Å². The van der Waals surface area contributed by atoms with E-state index in [1.54, 1.807) is 19.1 Å². The molecule has 3 N–H and O–H groups in total. The summed E-state index contributed by atoms with van der Waals surface area (Å²) in [5.74, 6) is -1.23. The van der Waals surface area contributed by atoms with Crippen LogP contribution in [0.3, 0.4) is 0 Å². The molecule has 0 aliphatic heterocycles. The third kappa shape index (κ3) is 3.42. The van der Waals surface area contributed by atoms with Gasteiger partial charge in [0.1, 0.15) is 5.60 Å². The fourth-order valence-corrected chi connectivity index (χ4v) is 5.59. The molecule has 0 aromatic heterocycles. The Morgan fingerprint density at radius 2 is 1.89 bits per heavy atom. The number of nitrogens with one attached hydrogen (secondary N) is 1. The van der Waals surface area contributed by atoms with E-state index in [9.17, 15) is 23.4 Å². The Balaban J connectivity index is 2.01. The molecule has 1 fully saturated rings. The van der Waals surface area contributed by atoms with Crippen molar-refractivity contribution >= 4 is 16.0 Å². The molecule has 3 rings (SSSR count). The summed E-state index contributed by atoms with van der Waals surface area (Å²) in [6.07, 6.45) is 1.36. The Morgan fingerprint density at radius 3 is 2.48 bits per heavy atom. The second kappa shape index (κ2) is 6.70. The summed E-state index contributed by atoms with van der Waals surface area (Å²) in [6.45, 7) is 3.52. The van der Waals surface area contributed by atoms with Crippen LogP contribution in [0.5, 0.6) is 0 Å². The highest BCUT2D eigenvalue weighted by Crippen LogP contribution is 2.49. The summed E-state index contributed by atoms with van der Waals surface area (Å²) in [6, 6.07) is 6.45. The quantitative estimate of drug-likeness (QED) is 0.657. The molecule has 27 heavy (non-hydrogen) atoms. The smallest absolute Gasteiger partial charge is 0.336 e. The lowest BCUT2D eigenvalue weighted by atomic mass is 9.69. The number of ether oxygens (including phenoxy) is 1. The van der Waals surface area contributed by atoms with Crippen molar-refractivity contribution in [3.8, 4) is 0 Å². The SMILES string of the molecule is COC(=O)C1=C[C@](C)(NS(=O)(=O)c2ccc(C)cc2)C[C@H]2CC[C@@H](O)[C@@]12O. The van der Waals surface area contributed by atoms with Crippen LogP contribution in [0.1, 0.15) is 31.7 Å². The highest BCUT2D eigenvalue weighted by Gasteiger charge is 2.58. The summed E-state index contributed by atoms with van der Waals surface area (Å²) >= 11 is 0. The number of aliphatic hydroxyl groups excluding tert-OH is 1. The number of hydrogen-bond acceptors (Lipinski definition) is 6. The molecule has 2 aliphatic rings. The number of benzene rings is 1. The first kappa shape index (κ1) is 20.0. The first-order chi connectivity index (χ1) is 12.5. The van der Waals surface area contributed by atoms with Gasteiger partial charge in [-0.2, -0.15) is 0 Å². The Morgan fingerprint density at radius 1 is 1.26 bits per heavy atom. The van der Waals surface area contributed by atoms with Gasteiger partial charge in [-0.3, -0.25) is 0 Å². The van der Waals surface area contributed by atoms with Crippen LogP contribution in [-0.2, 0) is 19.6 Å². The van der Waals surface area contributed by atoms with E-state index < -0.39 is 39.2 Å². The summed E-state index contributed by atoms with van der Waals surface area (Å²) in [4.78, 5) is 12.4. The van der Waals surface area contributed by atoms with Gasteiger partial charge < -0.3 is 14.9 Å². The number of methoxy groups -OCH3 is 1. The molecule has 0 radical (unpaired) electrons. The molecule has 0 saturated heterocycles. The molecule has 7 nitrogen and oxygen atoms in total. The molecule has 1 saturated carbocycles. The minimum absolute atomic E-state index is 0.0969. The van der Waals surface area contributed by atoms with Crippen molar-refractivity contribution in [3.05, 3.63) is 41.5 Å². The van der Waals surface area contributed by atoms with E-state index in [1.807, 2.05) is 6.92 Å². The Labute approximate surface area is 159 Å². The zero-order chi connectivity index (χ0) is 20.0. The van der Waals surface area contributed by atoms with Gasteiger partial charge in [0.05, 0.1) is 23.7 Å². The summed E-state index contributed by atoms with van der Waals surface area (Å²) < 4.78 is 33.1. The fourth-order valence-electron chi connectivity index (χ4n) is 4.22. The Bertz CT molecular complexity index is 878. The van der Waals surface area contributed by atoms with Crippen LogP contribution < -0.4 is 4.72 Å². The summed E-state index contributed by atoms with van der Waals surface area (Å²) in [7, 11) is -2.66. The summed E-state index contributed by atoms with van der Waals surface area (Å²) in [5, 5.41) is 21.3. The lowest BCUT2D eigenvalue weighted by molar-refractivity contribution is -0.143. The number of carbonyl (C=O) groups is 1. The molecule has 8 heteroatoms. The maximum absolute atomic E-state index is 12.8. The second-order valence-electron chi connectivity index (χ2n) is 7.71. The molecule has 1 aromatic carbocycles. The molecule has 1 aromatic rings. The number of sulfonamides is 1. The monoisotopic (exact) mass is 395 g/mol. The van der Waals surface area contributed by atoms with Gasteiger partial charge in [0.25, 0.3) is 0 Å². The molecule has 2 aliphatic carbocycles. The molecule has 4 atom stereocenters. The number of fused-ring (bicyclic) bond motifs is 1. The predicted molar refractivity (Wildman–Crippen MR) is 98.3 cm³/mol. The summed E-state index contributed by atoms with van der Waals surface area (Å²) in [5.41, 5.74) is -1.98. The predicted octanol–water partition coefficient (Wildman–Crippen LogP) is 1.04. The van der Waals surface area contributed by atoms with Gasteiger partial charge in [0.15, 0.2) is 0 Å². The van der Waals surface area contributed by atoms with E-state index >= 15 is 0 Å². The van der Waals surface area contributed by atoms with Crippen LogP contribution in [0.2, 0.25) is 0 Å². The highest BCUT2D eigenvalue weighted by molar-refractivity contribution is 7.89. The van der Waals surface area contributed by atoms with Gasteiger partial charge in [0.2, 0.25) is 10.0 Å². The van der Waals surface area contributed by atoms with E-state index in [0.717, 1.165) is 5.56 Å². The lowest BCUT2D eigenvalue weighted by Gasteiger charge is -2.44. The van der Waals surface area contributed by atoms with Crippen LogP contribution in [0.15, 0.2) is 40.8 Å². The molecule has 0 unspecified atom stereocenters. The van der Waals surface area contributed by atoms with E-state index in [0.29, 0.717) is 12.8 Å². The normalized spacial score (nSPS) is 33.3. The number of aliphatic hydroxyl groups is 2. The Hall–Kier alpha value is -1.74. The second-order valence-corrected chi connectivity index (χ2v) is 9.39. The third-order valence-electron chi connectivity index (χ3n) is 5.59. The topological polar surface area (TPSA) is 113 Å². The standard InChI is InChI=1S/C19H25NO6S/c1-12-4-7-14(8-5-12)27(24,25)20-18(2)10-13-6-9-16(21)19(13,23)15(11-18)17(22)26-3/h4-5,7-8,11,13,16,20-21,23H,6,9-10H2,1-3H3/t13-,16-,18-,19+/m1/s1. The van der Waals surface area contributed by atoms with Crippen molar-refractivity contribution in [2.24, 2.45) is 5.92 Å². The van der Waals surface area contributed by atoms with Crippen molar-refractivity contribution in [2.75, 3.05) is 7.11 Å². The van der Waals surface area contributed by atoms with Crippen LogP contribution in [0.4, 0.5) is 0 Å². The van der Waals surface area contributed by atoms with Gasteiger partial charge in [-0.15, -0.1) is 0 Å². The average Bonchev–Trinajstić information content (AvgIpc) is 2.88. The van der Waals surface area contributed by atoms with E-state index in [-0.39, 0.29) is 16.9 Å². The maximum atomic E-state index is 12.8. The maximum Gasteiger partial charge on any atom is 0.336 e. The fraction of sp³-hybridized carbons (Fsp3) is 0.526. The van der Waals surface area contributed by atoms with Crippen molar-refractivity contribution in [2.45, 2.75) is 55.2 Å². The van der Waals surface area contributed by atoms with Crippen molar-refractivity contribution < 1.29 is 28.2 Å². The molecule has 148 valence electrons. The third-order valence-corrected chi connectivity index (χ3v) is 7.22. The van der Waals surface area contributed by atoms with E-state index in [1.165, 1.54) is 25.3 Å². The number of aryl methyl sites for hydroxylation is 1. The van der Waals surface area contributed by atoms with Gasteiger partial charge in [0, 0.05) is 5.54 Å². The minimum atomic E-state index is -3.84. The lowest BCUT2D eigenvalue weighted by Crippen LogP contribution is -2.57. The van der Waals surface area contributed by atoms with Gasteiger partial charge in [-0.05, 0) is 51.2 Å². The minimum Gasteiger partial charge on any atom is -0.466 e. The van der Waals surface area contributed by atoms with Crippen LogP contribution in [0.25, 0.3) is 0 Å². The number of carbonyl (C=O) groups excluding carboxylic acids is 1. The van der Waals surface area contributed by atoms with Crippen molar-refractivity contribution in [3.63, 3.8) is 0 Å². The molecule has 0 bridgehead atoms. The van der Waals surface area contributed by atoms with E-state index in [2.05, 4.69) is 4.72 Å². The van der Waals surface area contributed by atoms with E-state index in [4.69, 9.17) is 4.74 Å². The largest absolute Gasteiger partial charge is 0.466 e. The van der Waals surface area contributed by atoms with Gasteiger partial charge in [-0.1, -0.05) is 23.8 Å². The molecule has 0 amide bonds. The van der Waals surface area contributed by atoms with Crippen LogP contribution in [-0.4, -0.2) is 49.0 Å². The molecular formula is C19H25NO6S. The first-order valence-corrected chi connectivity index (χ1v) is 10.3. The first-order valence-electron chi connectivity index (χ1n) is 8.84. The van der Waals surface area contributed by atoms with Gasteiger partial charge >= 0.3 is 5.97 Å². The average molecular weight is 395 g/mol. The number of rotatable bonds is 4. The highest BCUT2D eigenvalue weighted by atomic mass is 32.2. The zero-order valence-electron chi connectivity index (χ0n) is 15.6. The molecule has 0 heterocycles. The Kier molecular flexibility index (Phi) is 4.96. The number of esters is 1. The zero-order valence-corrected chi connectivity index (χ0v) is 16.4. The number of hydrogen-bond donors (Lipinski definition) is 3. The van der Waals surface area contributed by atoms with Gasteiger partial charge in [-0.25, -0.2) is 17.9 Å². The van der Waals surface area contributed by atoms with Crippen molar-refractivity contribution in [1.82, 2.24) is 4.72 Å². The molecule has 0 spiro atoms.